The van der Waals surface area contributed by atoms with Crippen molar-refractivity contribution >= 4 is 40.2 Å². The van der Waals surface area contributed by atoms with Crippen LogP contribution in [-0.2, 0) is 11.3 Å². The fraction of sp³-hybridized carbons (Fsp3) is 0.286. The number of fused-ring (bicyclic) bond motifs is 1. The van der Waals surface area contributed by atoms with Crippen LogP contribution in [0.1, 0.15) is 28.8 Å². The molecule has 7 nitrogen and oxygen atoms in total. The van der Waals surface area contributed by atoms with E-state index in [0.717, 1.165) is 23.8 Å². The minimum atomic E-state index is 0.00233. The van der Waals surface area contributed by atoms with E-state index in [2.05, 4.69) is 9.97 Å². The standard InChI is InChI=1S/C21H22ClN5O2/c22-15-5-1-3-13(11-15)20(28)27-9-7-16(8-10-27)29-12-14-4-2-6-17-18(14)19(23)26-21(24)25-17/h1-6,11,16H,7-10,12H2,(H4,23,24,25,26). The van der Waals surface area contributed by atoms with Gasteiger partial charge in [-0.1, -0.05) is 29.8 Å². The highest BCUT2D eigenvalue weighted by molar-refractivity contribution is 6.30. The number of likely N-dealkylation sites (tertiary alicyclic amines) is 1. The molecule has 0 saturated carbocycles. The predicted molar refractivity (Wildman–Crippen MR) is 114 cm³/mol. The number of aromatic nitrogens is 2. The molecule has 0 radical (unpaired) electrons. The van der Waals surface area contributed by atoms with Gasteiger partial charge < -0.3 is 21.1 Å². The normalized spacial score (nSPS) is 15.0. The molecule has 1 aliphatic rings. The van der Waals surface area contributed by atoms with E-state index in [1.54, 1.807) is 24.3 Å². The molecule has 1 aromatic heterocycles. The van der Waals surface area contributed by atoms with E-state index >= 15 is 0 Å². The van der Waals surface area contributed by atoms with Gasteiger partial charge in [-0.25, -0.2) is 4.98 Å². The van der Waals surface area contributed by atoms with Crippen LogP contribution in [0.15, 0.2) is 42.5 Å². The van der Waals surface area contributed by atoms with Crippen LogP contribution in [0.25, 0.3) is 10.9 Å². The van der Waals surface area contributed by atoms with Crippen molar-refractivity contribution in [3.05, 3.63) is 58.6 Å². The Morgan fingerprint density at radius 1 is 1.14 bits per heavy atom. The van der Waals surface area contributed by atoms with Crippen molar-refractivity contribution in [2.45, 2.75) is 25.6 Å². The molecule has 0 aliphatic carbocycles. The summed E-state index contributed by atoms with van der Waals surface area (Å²) in [6.45, 7) is 1.70. The molecule has 1 saturated heterocycles. The number of carbonyl (C=O) groups excluding carboxylic acids is 1. The van der Waals surface area contributed by atoms with Crippen molar-refractivity contribution in [1.82, 2.24) is 14.9 Å². The maximum Gasteiger partial charge on any atom is 0.253 e. The van der Waals surface area contributed by atoms with Gasteiger partial charge in [0.15, 0.2) is 0 Å². The molecule has 150 valence electrons. The molecule has 0 spiro atoms. The first-order valence-corrected chi connectivity index (χ1v) is 9.86. The highest BCUT2D eigenvalue weighted by atomic mass is 35.5. The second kappa shape index (κ2) is 8.23. The van der Waals surface area contributed by atoms with Crippen LogP contribution >= 0.6 is 11.6 Å². The summed E-state index contributed by atoms with van der Waals surface area (Å²) in [6, 6.07) is 12.8. The number of halogens is 1. The monoisotopic (exact) mass is 411 g/mol. The summed E-state index contributed by atoms with van der Waals surface area (Å²) in [6.07, 6.45) is 1.62. The van der Waals surface area contributed by atoms with Gasteiger partial charge in [0.05, 0.1) is 18.2 Å². The van der Waals surface area contributed by atoms with Crippen LogP contribution in [0.2, 0.25) is 5.02 Å². The predicted octanol–water partition coefficient (Wildman–Crippen LogP) is 3.27. The highest BCUT2D eigenvalue weighted by Crippen LogP contribution is 2.25. The Hall–Kier alpha value is -2.90. The number of ether oxygens (including phenoxy) is 1. The topological polar surface area (TPSA) is 107 Å². The van der Waals surface area contributed by atoms with Crippen LogP contribution in [0, 0.1) is 0 Å². The zero-order chi connectivity index (χ0) is 20.4. The number of nitrogens with two attached hydrogens (primary N) is 2. The third-order valence-corrected chi connectivity index (χ3v) is 5.37. The average Bonchev–Trinajstić information content (AvgIpc) is 2.71. The molecule has 2 heterocycles. The number of hydrogen-bond acceptors (Lipinski definition) is 6. The summed E-state index contributed by atoms with van der Waals surface area (Å²) in [5.74, 6) is 0.515. The molecule has 3 aromatic rings. The second-order valence-electron chi connectivity index (χ2n) is 7.09. The van der Waals surface area contributed by atoms with Gasteiger partial charge >= 0.3 is 0 Å². The first-order valence-electron chi connectivity index (χ1n) is 9.48. The molecule has 1 fully saturated rings. The summed E-state index contributed by atoms with van der Waals surface area (Å²) < 4.78 is 6.11. The maximum atomic E-state index is 12.6. The number of benzene rings is 2. The third-order valence-electron chi connectivity index (χ3n) is 5.13. The number of amides is 1. The number of anilines is 2. The molecule has 29 heavy (non-hydrogen) atoms. The van der Waals surface area contributed by atoms with Crippen molar-refractivity contribution in [1.29, 1.82) is 0 Å². The smallest absolute Gasteiger partial charge is 0.253 e. The molecule has 0 atom stereocenters. The number of piperidine rings is 1. The van der Waals surface area contributed by atoms with Gasteiger partial charge in [0.2, 0.25) is 5.95 Å². The van der Waals surface area contributed by atoms with Crippen LogP contribution < -0.4 is 11.5 Å². The minimum absolute atomic E-state index is 0.00233. The van der Waals surface area contributed by atoms with E-state index in [1.807, 2.05) is 23.1 Å². The molecule has 1 aliphatic heterocycles. The summed E-state index contributed by atoms with van der Waals surface area (Å²) in [5.41, 5.74) is 14.0. The Morgan fingerprint density at radius 3 is 2.66 bits per heavy atom. The van der Waals surface area contributed by atoms with Crippen molar-refractivity contribution in [2.75, 3.05) is 24.6 Å². The summed E-state index contributed by atoms with van der Waals surface area (Å²) in [4.78, 5) is 22.8. The first kappa shape index (κ1) is 19.4. The molecule has 0 bridgehead atoms. The van der Waals surface area contributed by atoms with Gasteiger partial charge in [0.1, 0.15) is 5.82 Å². The molecule has 4 N–H and O–H groups in total. The third kappa shape index (κ3) is 4.26. The number of rotatable bonds is 4. The van der Waals surface area contributed by atoms with Crippen LogP contribution in [0.4, 0.5) is 11.8 Å². The first-order chi connectivity index (χ1) is 14.0. The zero-order valence-electron chi connectivity index (χ0n) is 15.8. The molecule has 2 aromatic carbocycles. The number of nitrogen functional groups attached to an aromatic ring is 2. The Balaban J connectivity index is 1.37. The lowest BCUT2D eigenvalue weighted by atomic mass is 10.1. The van der Waals surface area contributed by atoms with Crippen LogP contribution in [-0.4, -0.2) is 40.0 Å². The Bertz CT molecular complexity index is 1050. The van der Waals surface area contributed by atoms with Crippen LogP contribution in [0.3, 0.4) is 0 Å². The maximum absolute atomic E-state index is 12.6. The minimum Gasteiger partial charge on any atom is -0.383 e. The SMILES string of the molecule is Nc1nc(N)c2c(COC3CCN(C(=O)c4cccc(Cl)c4)CC3)cccc2n1. The van der Waals surface area contributed by atoms with Gasteiger partial charge in [-0.15, -0.1) is 0 Å². The van der Waals surface area contributed by atoms with Crippen molar-refractivity contribution < 1.29 is 9.53 Å². The lowest BCUT2D eigenvalue weighted by molar-refractivity contribution is 0.0000392. The van der Waals surface area contributed by atoms with E-state index in [0.29, 0.717) is 41.6 Å². The molecule has 1 amide bonds. The van der Waals surface area contributed by atoms with Gasteiger partial charge in [-0.3, -0.25) is 4.79 Å². The van der Waals surface area contributed by atoms with Gasteiger partial charge in [-0.05, 0) is 42.7 Å². The fourth-order valence-electron chi connectivity index (χ4n) is 3.66. The van der Waals surface area contributed by atoms with E-state index in [9.17, 15) is 4.79 Å². The summed E-state index contributed by atoms with van der Waals surface area (Å²) in [5, 5.41) is 1.34. The summed E-state index contributed by atoms with van der Waals surface area (Å²) >= 11 is 6.00. The number of hydrogen-bond donors (Lipinski definition) is 2. The van der Waals surface area contributed by atoms with Gasteiger partial charge in [0.25, 0.3) is 5.91 Å². The average molecular weight is 412 g/mol. The van der Waals surface area contributed by atoms with E-state index in [1.165, 1.54) is 0 Å². The van der Waals surface area contributed by atoms with Crippen molar-refractivity contribution in [3.8, 4) is 0 Å². The largest absolute Gasteiger partial charge is 0.383 e. The summed E-state index contributed by atoms with van der Waals surface area (Å²) in [7, 11) is 0. The molecular formula is C21H22ClN5O2. The Labute approximate surface area is 173 Å². The number of carbonyl (C=O) groups is 1. The Kier molecular flexibility index (Phi) is 5.51. The number of nitrogens with zero attached hydrogens (tertiary/aromatic N) is 3. The zero-order valence-corrected chi connectivity index (χ0v) is 16.6. The van der Waals surface area contributed by atoms with Crippen molar-refractivity contribution in [2.24, 2.45) is 0 Å². The highest BCUT2D eigenvalue weighted by Gasteiger charge is 2.24. The van der Waals surface area contributed by atoms with Crippen molar-refractivity contribution in [3.63, 3.8) is 0 Å². The Morgan fingerprint density at radius 2 is 1.90 bits per heavy atom. The quantitative estimate of drug-likeness (QED) is 0.682. The van der Waals surface area contributed by atoms with E-state index in [-0.39, 0.29) is 18.0 Å². The second-order valence-corrected chi connectivity index (χ2v) is 7.53. The molecule has 8 heteroatoms. The van der Waals surface area contributed by atoms with Gasteiger partial charge in [-0.2, -0.15) is 4.98 Å². The van der Waals surface area contributed by atoms with E-state index in [4.69, 9.17) is 27.8 Å². The molecule has 0 unspecified atom stereocenters. The van der Waals surface area contributed by atoms with Crippen LogP contribution in [0.5, 0.6) is 0 Å². The molecule has 4 rings (SSSR count). The van der Waals surface area contributed by atoms with Gasteiger partial charge in [0, 0.05) is 29.1 Å². The fourth-order valence-corrected chi connectivity index (χ4v) is 3.85. The lowest BCUT2D eigenvalue weighted by Gasteiger charge is -2.32. The molecular weight excluding hydrogens is 390 g/mol. The lowest BCUT2D eigenvalue weighted by Crippen LogP contribution is -2.40. The van der Waals surface area contributed by atoms with E-state index < -0.39 is 0 Å².